The molecule has 2 N–H and O–H groups in total. The lowest BCUT2D eigenvalue weighted by atomic mass is 9.70. The molecule has 2 nitrogen and oxygen atoms in total. The second kappa shape index (κ2) is 2.05. The first-order valence-electron chi connectivity index (χ1n) is 4.77. The maximum atomic E-state index is 9.83. The van der Waals surface area contributed by atoms with Gasteiger partial charge in [-0.1, -0.05) is 20.8 Å². The lowest BCUT2D eigenvalue weighted by Crippen LogP contribution is -2.39. The van der Waals surface area contributed by atoms with Gasteiger partial charge in [0.15, 0.2) is 0 Å². The summed E-state index contributed by atoms with van der Waals surface area (Å²) in [7, 11) is 0. The lowest BCUT2D eigenvalue weighted by Gasteiger charge is -2.36. The van der Waals surface area contributed by atoms with Crippen molar-refractivity contribution in [3.8, 4) is 0 Å². The van der Waals surface area contributed by atoms with Crippen LogP contribution < -0.4 is 0 Å². The van der Waals surface area contributed by atoms with Gasteiger partial charge in [0.25, 0.3) is 0 Å². The van der Waals surface area contributed by atoms with E-state index in [2.05, 4.69) is 20.8 Å². The van der Waals surface area contributed by atoms with Gasteiger partial charge in [-0.2, -0.15) is 0 Å². The van der Waals surface area contributed by atoms with Crippen LogP contribution in [0.25, 0.3) is 0 Å². The van der Waals surface area contributed by atoms with Gasteiger partial charge >= 0.3 is 0 Å². The number of fused-ring (bicyclic) bond motifs is 2. The summed E-state index contributed by atoms with van der Waals surface area (Å²) < 4.78 is 0. The molecule has 0 spiro atoms. The summed E-state index contributed by atoms with van der Waals surface area (Å²) in [5.41, 5.74) is 0.0446. The Hall–Kier alpha value is -0.0800. The van der Waals surface area contributed by atoms with E-state index >= 15 is 0 Å². The summed E-state index contributed by atoms with van der Waals surface area (Å²) in [6.07, 6.45) is 1.13. The smallest absolute Gasteiger partial charge is 0.0860 e. The molecule has 2 aliphatic carbocycles. The molecule has 0 aromatic carbocycles. The van der Waals surface area contributed by atoms with Crippen molar-refractivity contribution in [2.75, 3.05) is 0 Å². The molecule has 70 valence electrons. The molecule has 0 unspecified atom stereocenters. The summed E-state index contributed by atoms with van der Waals surface area (Å²) in [5.74, 6) is 0.303. The van der Waals surface area contributed by atoms with E-state index in [9.17, 15) is 10.2 Å². The fourth-order valence-corrected chi connectivity index (χ4v) is 3.29. The fraction of sp³-hybridized carbons (Fsp3) is 1.00. The Labute approximate surface area is 73.6 Å². The lowest BCUT2D eigenvalue weighted by molar-refractivity contribution is -0.0508. The molecule has 2 rings (SSSR count). The molecule has 2 heteroatoms. The van der Waals surface area contributed by atoms with Crippen molar-refractivity contribution < 1.29 is 10.2 Å². The van der Waals surface area contributed by atoms with Crippen molar-refractivity contribution in [1.29, 1.82) is 0 Å². The molecule has 0 aromatic rings. The molecular formula is C10H18O2. The topological polar surface area (TPSA) is 40.5 Å². The van der Waals surface area contributed by atoms with E-state index in [1.54, 1.807) is 0 Å². The van der Waals surface area contributed by atoms with Crippen LogP contribution in [-0.4, -0.2) is 22.4 Å². The van der Waals surface area contributed by atoms with Crippen LogP contribution in [0, 0.1) is 16.7 Å². The molecule has 4 atom stereocenters. The van der Waals surface area contributed by atoms with Crippen molar-refractivity contribution in [3.63, 3.8) is 0 Å². The van der Waals surface area contributed by atoms with E-state index in [4.69, 9.17) is 0 Å². The molecule has 2 aliphatic rings. The number of aliphatic hydroxyl groups excluding tert-OH is 2. The van der Waals surface area contributed by atoms with Gasteiger partial charge in [-0.15, -0.1) is 0 Å². The number of rotatable bonds is 0. The van der Waals surface area contributed by atoms with Crippen LogP contribution in [0.3, 0.4) is 0 Å². The van der Waals surface area contributed by atoms with E-state index in [1.165, 1.54) is 0 Å². The van der Waals surface area contributed by atoms with Crippen molar-refractivity contribution >= 4 is 0 Å². The van der Waals surface area contributed by atoms with Gasteiger partial charge in [0.05, 0.1) is 12.2 Å². The average Bonchev–Trinajstić information content (AvgIpc) is 2.26. The van der Waals surface area contributed by atoms with Crippen molar-refractivity contribution in [2.24, 2.45) is 16.7 Å². The number of aliphatic hydroxyl groups is 2. The summed E-state index contributed by atoms with van der Waals surface area (Å²) in [5, 5.41) is 19.6. The first-order valence-corrected chi connectivity index (χ1v) is 4.77. The summed E-state index contributed by atoms with van der Waals surface area (Å²) in [4.78, 5) is 0. The van der Waals surface area contributed by atoms with E-state index in [1.807, 2.05) is 0 Å². The van der Waals surface area contributed by atoms with Crippen LogP contribution in [-0.2, 0) is 0 Å². The van der Waals surface area contributed by atoms with Crippen LogP contribution in [0.5, 0.6) is 0 Å². The highest BCUT2D eigenvalue weighted by molar-refractivity contribution is 5.14. The van der Waals surface area contributed by atoms with Crippen LogP contribution in [0.4, 0.5) is 0 Å². The predicted molar refractivity (Wildman–Crippen MR) is 46.6 cm³/mol. The Morgan fingerprint density at radius 1 is 1.17 bits per heavy atom. The van der Waals surface area contributed by atoms with Crippen molar-refractivity contribution in [1.82, 2.24) is 0 Å². The molecule has 0 radical (unpaired) electrons. The molecule has 12 heavy (non-hydrogen) atoms. The minimum absolute atomic E-state index is 0.0584. The Bertz CT molecular complexity index is 212. The van der Waals surface area contributed by atoms with Crippen LogP contribution in [0.1, 0.15) is 33.6 Å². The molecule has 0 aliphatic heterocycles. The molecule has 2 bridgehead atoms. The highest BCUT2D eigenvalue weighted by Crippen LogP contribution is 2.65. The quantitative estimate of drug-likeness (QED) is 0.573. The van der Waals surface area contributed by atoms with Gasteiger partial charge in [-0.05, 0) is 24.2 Å². The molecule has 2 saturated carbocycles. The third kappa shape index (κ3) is 0.647. The van der Waals surface area contributed by atoms with Gasteiger partial charge in [-0.3, -0.25) is 0 Å². The van der Waals surface area contributed by atoms with Gasteiger partial charge < -0.3 is 10.2 Å². The second-order valence-corrected chi connectivity index (χ2v) is 5.22. The number of hydrogen-bond donors (Lipinski definition) is 2. The second-order valence-electron chi connectivity index (χ2n) is 5.22. The zero-order chi connectivity index (χ0) is 9.15. The molecule has 0 heterocycles. The van der Waals surface area contributed by atoms with Gasteiger partial charge in [-0.25, -0.2) is 0 Å². The Balaban J connectivity index is 2.44. The Morgan fingerprint density at radius 2 is 1.75 bits per heavy atom. The SMILES string of the molecule is CC1(C)[C@@H]2CC[C@@]1(C)[C@@H](O)[C@@H]2O. The number of hydrogen-bond acceptors (Lipinski definition) is 2. The van der Waals surface area contributed by atoms with Gasteiger partial charge in [0.1, 0.15) is 0 Å². The largest absolute Gasteiger partial charge is 0.390 e. The van der Waals surface area contributed by atoms with E-state index in [0.717, 1.165) is 12.8 Å². The zero-order valence-corrected chi connectivity index (χ0v) is 8.04. The van der Waals surface area contributed by atoms with Gasteiger partial charge in [0.2, 0.25) is 0 Å². The van der Waals surface area contributed by atoms with Gasteiger partial charge in [0, 0.05) is 5.41 Å². The van der Waals surface area contributed by atoms with E-state index in [0.29, 0.717) is 5.92 Å². The molecular weight excluding hydrogens is 152 g/mol. The van der Waals surface area contributed by atoms with Crippen LogP contribution >= 0.6 is 0 Å². The van der Waals surface area contributed by atoms with E-state index in [-0.39, 0.29) is 10.8 Å². The maximum Gasteiger partial charge on any atom is 0.0860 e. The minimum Gasteiger partial charge on any atom is -0.390 e. The zero-order valence-electron chi connectivity index (χ0n) is 8.04. The van der Waals surface area contributed by atoms with Crippen LogP contribution in [0.15, 0.2) is 0 Å². The van der Waals surface area contributed by atoms with Crippen LogP contribution in [0.2, 0.25) is 0 Å². The van der Waals surface area contributed by atoms with E-state index < -0.39 is 12.2 Å². The monoisotopic (exact) mass is 170 g/mol. The van der Waals surface area contributed by atoms with Crippen molar-refractivity contribution in [2.45, 2.75) is 45.8 Å². The highest BCUT2D eigenvalue weighted by atomic mass is 16.3. The maximum absolute atomic E-state index is 9.83. The highest BCUT2D eigenvalue weighted by Gasteiger charge is 2.65. The summed E-state index contributed by atoms with van der Waals surface area (Å²) in [6.45, 7) is 6.45. The third-order valence-electron chi connectivity index (χ3n) is 4.76. The summed E-state index contributed by atoms with van der Waals surface area (Å²) >= 11 is 0. The molecule has 0 saturated heterocycles. The average molecular weight is 170 g/mol. The predicted octanol–water partition coefficient (Wildman–Crippen LogP) is 1.16. The minimum atomic E-state index is -0.508. The molecule has 0 aromatic heterocycles. The summed E-state index contributed by atoms with van der Waals surface area (Å²) in [6, 6.07) is 0. The van der Waals surface area contributed by atoms with Crippen molar-refractivity contribution in [3.05, 3.63) is 0 Å². The Morgan fingerprint density at radius 3 is 2.00 bits per heavy atom. The first-order chi connectivity index (χ1) is 5.41. The Kier molecular flexibility index (Phi) is 1.45. The standard InChI is InChI=1S/C10H18O2/c1-9(2)6-4-5-10(9,3)8(12)7(6)11/h6-8,11-12H,4-5H2,1-3H3/t6-,7-,8+,10+/m1/s1. The molecule has 0 amide bonds. The third-order valence-corrected chi connectivity index (χ3v) is 4.76. The fourth-order valence-electron chi connectivity index (χ4n) is 3.29. The first kappa shape index (κ1) is 8.52. The normalized spacial score (nSPS) is 56.2. The molecule has 2 fully saturated rings.